The average Bonchev–Trinajstić information content (AvgIpc) is 2.86. The summed E-state index contributed by atoms with van der Waals surface area (Å²) in [5.41, 5.74) is 7.65. The van der Waals surface area contributed by atoms with E-state index in [1.165, 1.54) is 38.0 Å². The highest BCUT2D eigenvalue weighted by Gasteiger charge is 2.34. The molecule has 3 nitrogen and oxygen atoms in total. The zero-order chi connectivity index (χ0) is 14.1. The van der Waals surface area contributed by atoms with Gasteiger partial charge in [0.15, 0.2) is 0 Å². The van der Waals surface area contributed by atoms with E-state index in [2.05, 4.69) is 56.9 Å². The number of nitrogens with two attached hydrogens (primary N) is 1. The largest absolute Gasteiger partial charge is 0.326 e. The van der Waals surface area contributed by atoms with Gasteiger partial charge in [-0.25, -0.2) is 0 Å². The van der Waals surface area contributed by atoms with Crippen molar-refractivity contribution >= 4 is 15.9 Å². The quantitative estimate of drug-likeness (QED) is 0.920. The summed E-state index contributed by atoms with van der Waals surface area (Å²) in [6.45, 7) is 6.92. The second-order valence-corrected chi connectivity index (χ2v) is 7.10. The van der Waals surface area contributed by atoms with Crippen LogP contribution in [0.2, 0.25) is 0 Å². The first-order chi connectivity index (χ1) is 9.65. The third-order valence-electron chi connectivity index (χ3n) is 4.70. The summed E-state index contributed by atoms with van der Waals surface area (Å²) in [5.74, 6) is 0. The third-order valence-corrected chi connectivity index (χ3v) is 5.19. The Morgan fingerprint density at radius 3 is 2.90 bits per heavy atom. The molecule has 110 valence electrons. The summed E-state index contributed by atoms with van der Waals surface area (Å²) < 4.78 is 1.14. The number of fused-ring (bicyclic) bond motifs is 1. The molecule has 0 aliphatic carbocycles. The lowest BCUT2D eigenvalue weighted by atomic mass is 9.97. The first-order valence-electron chi connectivity index (χ1n) is 7.64. The predicted molar refractivity (Wildman–Crippen MR) is 86.7 cm³/mol. The first-order valence-corrected chi connectivity index (χ1v) is 8.43. The maximum atomic E-state index is 6.32. The van der Waals surface area contributed by atoms with Crippen LogP contribution in [0.5, 0.6) is 0 Å². The standard InChI is InChI=1S/C16H24BrN3/c1-12(18)16(13-4-2-5-14(17)10-13)20-9-8-19-7-3-6-15(19)11-20/h2,4-5,10,12,15-16H,3,6-9,11,18H2,1H3. The summed E-state index contributed by atoms with van der Waals surface area (Å²) in [6, 6.07) is 9.84. The van der Waals surface area contributed by atoms with Crippen molar-refractivity contribution in [2.45, 2.75) is 37.9 Å². The molecule has 0 aromatic heterocycles. The second-order valence-electron chi connectivity index (χ2n) is 6.19. The van der Waals surface area contributed by atoms with Gasteiger partial charge in [0.05, 0.1) is 0 Å². The third kappa shape index (κ3) is 2.93. The van der Waals surface area contributed by atoms with Crippen LogP contribution in [-0.2, 0) is 0 Å². The van der Waals surface area contributed by atoms with Crippen LogP contribution >= 0.6 is 15.9 Å². The molecule has 2 heterocycles. The van der Waals surface area contributed by atoms with E-state index in [9.17, 15) is 0 Å². The number of nitrogens with zero attached hydrogens (tertiary/aromatic N) is 2. The summed E-state index contributed by atoms with van der Waals surface area (Å²) in [5, 5.41) is 0. The van der Waals surface area contributed by atoms with Crippen LogP contribution in [0.3, 0.4) is 0 Å². The smallest absolute Gasteiger partial charge is 0.0498 e. The fourth-order valence-corrected chi connectivity index (χ4v) is 4.22. The molecule has 0 bridgehead atoms. The van der Waals surface area contributed by atoms with Crippen LogP contribution in [0.15, 0.2) is 28.7 Å². The van der Waals surface area contributed by atoms with Gasteiger partial charge in [-0.2, -0.15) is 0 Å². The topological polar surface area (TPSA) is 32.5 Å². The minimum atomic E-state index is 0.150. The molecule has 1 aromatic rings. The Bertz CT molecular complexity index is 463. The Morgan fingerprint density at radius 2 is 2.15 bits per heavy atom. The molecule has 0 radical (unpaired) electrons. The van der Waals surface area contributed by atoms with Gasteiger partial charge in [-0.05, 0) is 44.0 Å². The molecule has 2 fully saturated rings. The fraction of sp³-hybridized carbons (Fsp3) is 0.625. The van der Waals surface area contributed by atoms with E-state index in [0.717, 1.165) is 17.1 Å². The zero-order valence-electron chi connectivity index (χ0n) is 12.1. The predicted octanol–water partition coefficient (Wildman–Crippen LogP) is 2.62. The molecular weight excluding hydrogens is 314 g/mol. The highest BCUT2D eigenvalue weighted by Crippen LogP contribution is 2.30. The van der Waals surface area contributed by atoms with Crippen LogP contribution < -0.4 is 5.73 Å². The molecule has 4 heteroatoms. The molecule has 3 unspecified atom stereocenters. The van der Waals surface area contributed by atoms with E-state index >= 15 is 0 Å². The van der Waals surface area contributed by atoms with Crippen molar-refractivity contribution in [3.8, 4) is 0 Å². The van der Waals surface area contributed by atoms with E-state index in [0.29, 0.717) is 6.04 Å². The van der Waals surface area contributed by atoms with Gasteiger partial charge in [-0.1, -0.05) is 28.1 Å². The molecule has 0 spiro atoms. The molecule has 1 aromatic carbocycles. The molecule has 2 aliphatic heterocycles. The molecule has 3 atom stereocenters. The normalized spacial score (nSPS) is 27.2. The van der Waals surface area contributed by atoms with Crippen LogP contribution in [0.1, 0.15) is 31.4 Å². The molecule has 3 rings (SSSR count). The van der Waals surface area contributed by atoms with Crippen molar-refractivity contribution in [3.63, 3.8) is 0 Å². The molecular formula is C16H24BrN3. The van der Waals surface area contributed by atoms with Crippen molar-refractivity contribution in [2.75, 3.05) is 26.2 Å². The summed E-state index contributed by atoms with van der Waals surface area (Å²) in [6.07, 6.45) is 2.71. The van der Waals surface area contributed by atoms with Gasteiger partial charge >= 0.3 is 0 Å². The van der Waals surface area contributed by atoms with Gasteiger partial charge in [0.1, 0.15) is 0 Å². The number of benzene rings is 1. The van der Waals surface area contributed by atoms with Crippen LogP contribution in [0.25, 0.3) is 0 Å². The number of rotatable bonds is 3. The Balaban J connectivity index is 1.80. The van der Waals surface area contributed by atoms with E-state index in [1.54, 1.807) is 0 Å². The highest BCUT2D eigenvalue weighted by atomic mass is 79.9. The molecule has 2 saturated heterocycles. The Hall–Kier alpha value is -0.420. The minimum Gasteiger partial charge on any atom is -0.326 e. The lowest BCUT2D eigenvalue weighted by Gasteiger charge is -2.43. The molecule has 0 saturated carbocycles. The van der Waals surface area contributed by atoms with Crippen LogP contribution in [0, 0.1) is 0 Å². The highest BCUT2D eigenvalue weighted by molar-refractivity contribution is 9.10. The van der Waals surface area contributed by atoms with Crippen molar-refractivity contribution in [1.29, 1.82) is 0 Å². The minimum absolute atomic E-state index is 0.150. The van der Waals surface area contributed by atoms with E-state index in [-0.39, 0.29) is 6.04 Å². The fourth-order valence-electron chi connectivity index (χ4n) is 3.81. The summed E-state index contributed by atoms with van der Waals surface area (Å²) in [7, 11) is 0. The molecule has 2 aliphatic rings. The van der Waals surface area contributed by atoms with Crippen molar-refractivity contribution in [1.82, 2.24) is 9.80 Å². The Morgan fingerprint density at radius 1 is 1.30 bits per heavy atom. The Labute approximate surface area is 130 Å². The van der Waals surface area contributed by atoms with Gasteiger partial charge in [-0.15, -0.1) is 0 Å². The Kier molecular flexibility index (Phi) is 4.46. The molecule has 0 amide bonds. The number of piperazine rings is 1. The van der Waals surface area contributed by atoms with Gasteiger partial charge in [0.25, 0.3) is 0 Å². The number of hydrogen-bond acceptors (Lipinski definition) is 3. The van der Waals surface area contributed by atoms with Gasteiger partial charge in [0.2, 0.25) is 0 Å². The summed E-state index contributed by atoms with van der Waals surface area (Å²) >= 11 is 3.58. The van der Waals surface area contributed by atoms with Crippen molar-refractivity contribution in [2.24, 2.45) is 5.73 Å². The second kappa shape index (κ2) is 6.14. The monoisotopic (exact) mass is 337 g/mol. The van der Waals surface area contributed by atoms with Crippen LogP contribution in [0.4, 0.5) is 0 Å². The van der Waals surface area contributed by atoms with E-state index < -0.39 is 0 Å². The maximum absolute atomic E-state index is 6.32. The maximum Gasteiger partial charge on any atom is 0.0498 e. The average molecular weight is 338 g/mol. The van der Waals surface area contributed by atoms with Crippen molar-refractivity contribution in [3.05, 3.63) is 34.3 Å². The molecule has 20 heavy (non-hydrogen) atoms. The first kappa shape index (κ1) is 14.5. The van der Waals surface area contributed by atoms with Gasteiger partial charge < -0.3 is 5.73 Å². The van der Waals surface area contributed by atoms with Gasteiger partial charge in [0, 0.05) is 42.2 Å². The van der Waals surface area contributed by atoms with Crippen LogP contribution in [-0.4, -0.2) is 48.1 Å². The molecule has 2 N–H and O–H groups in total. The van der Waals surface area contributed by atoms with Crippen molar-refractivity contribution < 1.29 is 0 Å². The lowest BCUT2D eigenvalue weighted by Crippen LogP contribution is -2.53. The van der Waals surface area contributed by atoms with E-state index in [4.69, 9.17) is 5.73 Å². The van der Waals surface area contributed by atoms with Gasteiger partial charge in [-0.3, -0.25) is 9.80 Å². The number of hydrogen-bond donors (Lipinski definition) is 1. The lowest BCUT2D eigenvalue weighted by molar-refractivity contribution is 0.0635. The SMILES string of the molecule is CC(N)C(c1cccc(Br)c1)N1CCN2CCCC2C1. The van der Waals surface area contributed by atoms with E-state index in [1.807, 2.05) is 0 Å². The zero-order valence-corrected chi connectivity index (χ0v) is 13.7. The summed E-state index contributed by atoms with van der Waals surface area (Å²) in [4.78, 5) is 5.24. The number of halogens is 1.